The molecule has 0 saturated carbocycles. The maximum absolute atomic E-state index is 10.9. The van der Waals surface area contributed by atoms with E-state index in [4.69, 9.17) is 14.6 Å². The highest BCUT2D eigenvalue weighted by Crippen LogP contribution is 2.30. The zero-order valence-corrected chi connectivity index (χ0v) is 13.1. The first-order valence-electron chi connectivity index (χ1n) is 7.76. The molecule has 0 aromatic heterocycles. The summed E-state index contributed by atoms with van der Waals surface area (Å²) in [6.07, 6.45) is 8.09. The van der Waals surface area contributed by atoms with Crippen LogP contribution in [0.4, 0.5) is 4.79 Å². The molecule has 5 heteroatoms. The number of ether oxygens (including phenoxy) is 2. The Morgan fingerprint density at radius 3 is 2.45 bits per heavy atom. The van der Waals surface area contributed by atoms with Crippen LogP contribution in [0.25, 0.3) is 0 Å². The largest absolute Gasteiger partial charge is 0.465 e. The molecule has 1 rings (SSSR count). The first kappa shape index (κ1) is 17.2. The van der Waals surface area contributed by atoms with Gasteiger partial charge in [0, 0.05) is 13.5 Å². The third kappa shape index (κ3) is 5.67. The zero-order valence-electron chi connectivity index (χ0n) is 13.1. The van der Waals surface area contributed by atoms with Crippen LogP contribution in [0.1, 0.15) is 65.2 Å². The van der Waals surface area contributed by atoms with Crippen molar-refractivity contribution in [2.45, 2.75) is 77.2 Å². The molecule has 1 N–H and O–H groups in total. The molecule has 0 aromatic carbocycles. The average molecular weight is 287 g/mol. The summed E-state index contributed by atoms with van der Waals surface area (Å²) in [6, 6.07) is 0. The summed E-state index contributed by atoms with van der Waals surface area (Å²) in [5.74, 6) is -0.627. The second-order valence-corrected chi connectivity index (χ2v) is 5.78. The van der Waals surface area contributed by atoms with E-state index in [1.165, 1.54) is 45.6 Å². The Labute approximate surface area is 122 Å². The SMILES string of the molecule is CCCCCCCCCC1(C)OCC(N(C)C(=O)O)O1. The number of amides is 1. The summed E-state index contributed by atoms with van der Waals surface area (Å²) in [5.41, 5.74) is 0. The molecular formula is C15H29NO4. The van der Waals surface area contributed by atoms with Crippen molar-refractivity contribution in [2.24, 2.45) is 0 Å². The quantitative estimate of drug-likeness (QED) is 0.655. The Balaban J connectivity index is 2.16. The molecule has 0 aromatic rings. The molecule has 118 valence electrons. The molecule has 0 aliphatic carbocycles. The van der Waals surface area contributed by atoms with Gasteiger partial charge < -0.3 is 14.6 Å². The van der Waals surface area contributed by atoms with E-state index in [1.54, 1.807) is 0 Å². The van der Waals surface area contributed by atoms with Crippen LogP contribution in [0.2, 0.25) is 0 Å². The van der Waals surface area contributed by atoms with E-state index < -0.39 is 18.1 Å². The maximum atomic E-state index is 10.9. The number of unbranched alkanes of at least 4 members (excludes halogenated alkanes) is 6. The summed E-state index contributed by atoms with van der Waals surface area (Å²) < 4.78 is 11.4. The van der Waals surface area contributed by atoms with Gasteiger partial charge in [-0.3, -0.25) is 4.90 Å². The lowest BCUT2D eigenvalue weighted by Crippen LogP contribution is -2.39. The summed E-state index contributed by atoms with van der Waals surface area (Å²) in [4.78, 5) is 12.0. The Hall–Kier alpha value is -0.810. The molecule has 0 bridgehead atoms. The van der Waals surface area contributed by atoms with E-state index >= 15 is 0 Å². The van der Waals surface area contributed by atoms with Crippen molar-refractivity contribution in [3.63, 3.8) is 0 Å². The second-order valence-electron chi connectivity index (χ2n) is 5.78. The van der Waals surface area contributed by atoms with E-state index in [0.717, 1.165) is 17.7 Å². The van der Waals surface area contributed by atoms with Gasteiger partial charge in [-0.15, -0.1) is 0 Å². The predicted octanol–water partition coefficient (Wildman–Crippen LogP) is 3.83. The zero-order chi connectivity index (χ0) is 15.0. The highest BCUT2D eigenvalue weighted by molar-refractivity contribution is 5.64. The van der Waals surface area contributed by atoms with Crippen molar-refractivity contribution in [2.75, 3.05) is 13.7 Å². The van der Waals surface area contributed by atoms with Crippen molar-refractivity contribution < 1.29 is 19.4 Å². The minimum absolute atomic E-state index is 0.315. The predicted molar refractivity (Wildman–Crippen MR) is 77.6 cm³/mol. The van der Waals surface area contributed by atoms with Crippen molar-refractivity contribution in [1.29, 1.82) is 0 Å². The molecule has 0 spiro atoms. The fourth-order valence-electron chi connectivity index (χ4n) is 2.45. The van der Waals surface area contributed by atoms with Crippen molar-refractivity contribution >= 4 is 6.09 Å². The number of carboxylic acid groups (broad SMARTS) is 1. The van der Waals surface area contributed by atoms with Crippen molar-refractivity contribution in [3.8, 4) is 0 Å². The molecule has 2 atom stereocenters. The lowest BCUT2D eigenvalue weighted by molar-refractivity contribution is -0.172. The van der Waals surface area contributed by atoms with Gasteiger partial charge in [0.15, 0.2) is 12.0 Å². The molecule has 1 aliphatic rings. The smallest absolute Gasteiger partial charge is 0.409 e. The molecule has 2 unspecified atom stereocenters. The number of hydrogen-bond donors (Lipinski definition) is 1. The van der Waals surface area contributed by atoms with Crippen LogP contribution in [0.5, 0.6) is 0 Å². The lowest BCUT2D eigenvalue weighted by atomic mass is 10.1. The van der Waals surface area contributed by atoms with Crippen molar-refractivity contribution in [1.82, 2.24) is 4.90 Å². The number of likely N-dealkylation sites (N-methyl/N-ethyl adjacent to an activating group) is 1. The average Bonchev–Trinajstić information content (AvgIpc) is 2.79. The van der Waals surface area contributed by atoms with Gasteiger partial charge in [-0.05, 0) is 13.3 Å². The fraction of sp³-hybridized carbons (Fsp3) is 0.933. The molecule has 1 saturated heterocycles. The molecule has 1 amide bonds. The summed E-state index contributed by atoms with van der Waals surface area (Å²) in [6.45, 7) is 4.44. The van der Waals surface area contributed by atoms with Crippen molar-refractivity contribution in [3.05, 3.63) is 0 Å². The standard InChI is InChI=1S/C15H29NO4/c1-4-5-6-7-8-9-10-11-15(2)19-12-13(20-15)16(3)14(17)18/h13H,4-12H2,1-3H3,(H,17,18). The highest BCUT2D eigenvalue weighted by atomic mass is 16.8. The third-order valence-electron chi connectivity index (χ3n) is 3.88. The normalized spacial score (nSPS) is 25.9. The third-order valence-corrected chi connectivity index (χ3v) is 3.88. The summed E-state index contributed by atoms with van der Waals surface area (Å²) >= 11 is 0. The molecule has 0 radical (unpaired) electrons. The topological polar surface area (TPSA) is 59.0 Å². The molecule has 5 nitrogen and oxygen atoms in total. The lowest BCUT2D eigenvalue weighted by Gasteiger charge is -2.25. The Bertz CT molecular complexity index is 298. The number of carbonyl (C=O) groups is 1. The van der Waals surface area contributed by atoms with Gasteiger partial charge in [0.1, 0.15) is 0 Å². The van der Waals surface area contributed by atoms with Gasteiger partial charge in [0.05, 0.1) is 6.61 Å². The summed E-state index contributed by atoms with van der Waals surface area (Å²) in [5, 5.41) is 8.92. The molecular weight excluding hydrogens is 258 g/mol. The van der Waals surface area contributed by atoms with E-state index in [0.29, 0.717) is 6.61 Å². The molecule has 1 aliphatic heterocycles. The first-order chi connectivity index (χ1) is 9.48. The second kappa shape index (κ2) is 8.47. The van der Waals surface area contributed by atoms with Crippen LogP contribution in [0.3, 0.4) is 0 Å². The van der Waals surface area contributed by atoms with Crippen LogP contribution >= 0.6 is 0 Å². The fourth-order valence-corrected chi connectivity index (χ4v) is 2.45. The number of rotatable bonds is 9. The molecule has 20 heavy (non-hydrogen) atoms. The van der Waals surface area contributed by atoms with Crippen LogP contribution in [-0.4, -0.2) is 41.8 Å². The van der Waals surface area contributed by atoms with Gasteiger partial charge in [0.25, 0.3) is 0 Å². The van der Waals surface area contributed by atoms with Crippen LogP contribution in [-0.2, 0) is 9.47 Å². The van der Waals surface area contributed by atoms with Crippen LogP contribution < -0.4 is 0 Å². The van der Waals surface area contributed by atoms with E-state index in [-0.39, 0.29) is 0 Å². The van der Waals surface area contributed by atoms with E-state index in [1.807, 2.05) is 6.92 Å². The van der Waals surface area contributed by atoms with Gasteiger partial charge in [-0.2, -0.15) is 0 Å². The minimum Gasteiger partial charge on any atom is -0.465 e. The number of nitrogens with zero attached hydrogens (tertiary/aromatic N) is 1. The first-order valence-corrected chi connectivity index (χ1v) is 7.76. The minimum atomic E-state index is -0.987. The van der Waals surface area contributed by atoms with Gasteiger partial charge >= 0.3 is 6.09 Å². The Kier molecular flexibility index (Phi) is 7.30. The monoisotopic (exact) mass is 287 g/mol. The molecule has 1 heterocycles. The Morgan fingerprint density at radius 1 is 1.25 bits per heavy atom. The van der Waals surface area contributed by atoms with E-state index in [2.05, 4.69) is 6.92 Å². The van der Waals surface area contributed by atoms with Crippen LogP contribution in [0.15, 0.2) is 0 Å². The van der Waals surface area contributed by atoms with Crippen LogP contribution in [0, 0.1) is 0 Å². The molecule has 1 fully saturated rings. The summed E-state index contributed by atoms with van der Waals surface area (Å²) in [7, 11) is 1.51. The number of hydrogen-bond acceptors (Lipinski definition) is 3. The van der Waals surface area contributed by atoms with Gasteiger partial charge in [0.2, 0.25) is 0 Å². The van der Waals surface area contributed by atoms with Gasteiger partial charge in [-0.25, -0.2) is 4.79 Å². The highest BCUT2D eigenvalue weighted by Gasteiger charge is 2.39. The maximum Gasteiger partial charge on any atom is 0.409 e. The van der Waals surface area contributed by atoms with Gasteiger partial charge in [-0.1, -0.05) is 45.4 Å². The van der Waals surface area contributed by atoms with E-state index in [9.17, 15) is 4.79 Å². The Morgan fingerprint density at radius 2 is 1.85 bits per heavy atom.